The first-order chi connectivity index (χ1) is 14.6. The van der Waals surface area contributed by atoms with Crippen molar-refractivity contribution < 1.29 is 70.0 Å². The summed E-state index contributed by atoms with van der Waals surface area (Å²) in [5.41, 5.74) is 3.94. The van der Waals surface area contributed by atoms with Crippen molar-refractivity contribution in [3.05, 3.63) is 0 Å². The van der Waals surface area contributed by atoms with E-state index in [9.17, 15) is 19.2 Å². The Morgan fingerprint density at radius 1 is 0.618 bits per heavy atom. The number of aliphatic hydroxyl groups excluding tert-OH is 3. The normalized spacial score (nSPS) is 9.91. The summed E-state index contributed by atoms with van der Waals surface area (Å²) < 4.78 is 0. The first kappa shape index (κ1) is 43.6. The zero-order valence-electron chi connectivity index (χ0n) is 17.0. The molecule has 0 heterocycles. The molecule has 0 saturated heterocycles. The summed E-state index contributed by atoms with van der Waals surface area (Å²) >= 11 is 0. The van der Waals surface area contributed by atoms with Gasteiger partial charge in [0.25, 0.3) is 0 Å². The van der Waals surface area contributed by atoms with Crippen molar-refractivity contribution in [2.24, 2.45) is 5.73 Å². The van der Waals surface area contributed by atoms with Crippen LogP contribution in [0.4, 0.5) is 0 Å². The molecule has 0 spiro atoms. The Balaban J connectivity index is -0.000000167. The zero-order chi connectivity index (χ0) is 25.9. The van der Waals surface area contributed by atoms with Crippen LogP contribution in [0.2, 0.25) is 0 Å². The molecule has 0 unspecified atom stereocenters. The number of hydrogen-bond donors (Lipinski definition) is 11. The Bertz CT molecular complexity index is 493. The third kappa shape index (κ3) is 33.8. The third-order valence-corrected chi connectivity index (χ3v) is 3.11. The van der Waals surface area contributed by atoms with Crippen LogP contribution in [0.1, 0.15) is 0 Å². The van der Waals surface area contributed by atoms with Crippen molar-refractivity contribution in [1.29, 1.82) is 0 Å². The summed E-state index contributed by atoms with van der Waals surface area (Å²) in [6.45, 7) is -3.46. The van der Waals surface area contributed by atoms with Gasteiger partial charge < -0.3 is 56.6 Å². The number of carboxylic acid groups (broad SMARTS) is 4. The van der Waals surface area contributed by atoms with Gasteiger partial charge in [-0.1, -0.05) is 0 Å². The van der Waals surface area contributed by atoms with Gasteiger partial charge in [0.1, 0.15) is 0 Å². The van der Waals surface area contributed by atoms with Crippen LogP contribution >= 0.6 is 0 Å². The van der Waals surface area contributed by atoms with Crippen LogP contribution in [0.3, 0.4) is 0 Å². The summed E-state index contributed by atoms with van der Waals surface area (Å²) in [6, 6.07) is 0. The van der Waals surface area contributed by atoms with Crippen LogP contribution in [0, 0.1) is 0 Å². The van der Waals surface area contributed by atoms with Gasteiger partial charge in [-0.2, -0.15) is 0 Å². The van der Waals surface area contributed by atoms with Crippen LogP contribution in [0.25, 0.3) is 0 Å². The van der Waals surface area contributed by atoms with Crippen molar-refractivity contribution >= 4 is 90.3 Å². The van der Waals surface area contributed by atoms with E-state index in [0.717, 1.165) is 9.80 Å². The number of rotatable bonds is 14. The van der Waals surface area contributed by atoms with E-state index < -0.39 is 82.7 Å². The van der Waals surface area contributed by atoms with Crippen molar-refractivity contribution in [2.45, 2.75) is 5.54 Å². The van der Waals surface area contributed by atoms with Gasteiger partial charge in [0.15, 0.2) is 0 Å². The number of aliphatic carboxylic acids is 4. The molecule has 0 aliphatic rings. The average Bonchev–Trinajstić information content (AvgIpc) is 2.63. The van der Waals surface area contributed by atoms with Gasteiger partial charge in [0, 0.05) is 13.1 Å². The number of carboxylic acids is 4. The Labute approximate surface area is 239 Å². The van der Waals surface area contributed by atoms with Crippen LogP contribution in [0.15, 0.2) is 0 Å². The fraction of sp³-hybridized carbons (Fsp3) is 0.714. The molecule has 0 bridgehead atoms. The molecule has 0 rings (SSSR count). The summed E-state index contributed by atoms with van der Waals surface area (Å²) in [7, 11) is -2.17. The van der Waals surface area contributed by atoms with E-state index >= 15 is 0 Å². The van der Waals surface area contributed by atoms with E-state index in [1.165, 1.54) is 0 Å². The molecule has 0 aliphatic heterocycles. The third-order valence-electron chi connectivity index (χ3n) is 3.11. The summed E-state index contributed by atoms with van der Waals surface area (Å²) in [5, 5.41) is 81.0. The molecule has 0 amide bonds. The Morgan fingerprint density at radius 2 is 0.794 bits per heavy atom. The molecular weight excluding hydrogens is 491 g/mol. The van der Waals surface area contributed by atoms with Gasteiger partial charge in [-0.05, 0) is 0 Å². The fourth-order valence-electron chi connectivity index (χ4n) is 1.63. The van der Waals surface area contributed by atoms with E-state index in [0.29, 0.717) is 0 Å². The molecule has 192 valence electrons. The maximum absolute atomic E-state index is 10.6. The second kappa shape index (κ2) is 25.7. The zero-order valence-corrected chi connectivity index (χ0v) is 17.0. The van der Waals surface area contributed by atoms with Crippen LogP contribution < -0.4 is 5.73 Å². The molecule has 0 aliphatic carbocycles. The number of hydrogen-bond acceptors (Lipinski definition) is 13. The SMILES string of the molecule is NC(CO)(CO)CO.O=C(O)CN(CCN(CC(=O)O)CC(=O)O)CC(=O)O.OB(O)O.[NaH].[NaH]. The minimum atomic E-state index is -2.17. The molecule has 0 atom stereocenters. The molecule has 0 saturated carbocycles. The van der Waals surface area contributed by atoms with E-state index in [-0.39, 0.29) is 72.2 Å². The first-order valence-corrected chi connectivity index (χ1v) is 8.60. The van der Waals surface area contributed by atoms with Crippen molar-refractivity contribution in [2.75, 3.05) is 59.1 Å². The molecule has 12 N–H and O–H groups in total. The van der Waals surface area contributed by atoms with E-state index in [2.05, 4.69) is 0 Å². The number of aliphatic hydroxyl groups is 3. The predicted molar refractivity (Wildman–Crippen MR) is 118 cm³/mol. The summed E-state index contributed by atoms with van der Waals surface area (Å²) in [4.78, 5) is 44.4. The fourth-order valence-corrected chi connectivity index (χ4v) is 1.63. The van der Waals surface area contributed by atoms with Crippen LogP contribution in [-0.2, 0) is 19.2 Å². The Kier molecular flexibility index (Phi) is 33.0. The summed E-state index contributed by atoms with van der Waals surface area (Å²) in [6.07, 6.45) is 0. The van der Waals surface area contributed by atoms with E-state index in [1.807, 2.05) is 0 Å². The van der Waals surface area contributed by atoms with Crippen molar-refractivity contribution in [3.8, 4) is 0 Å². The van der Waals surface area contributed by atoms with Gasteiger partial charge in [0.2, 0.25) is 0 Å². The second-order valence-corrected chi connectivity index (χ2v) is 6.18. The standard InChI is InChI=1S/C10H16N2O8.C4H11NO3.BH3O3.2Na.2H/c13-7(14)3-11(4-8(15)16)1-2-12(5-9(17)18)6-10(19)20;5-4(1-6,2-7)3-8;2-1(3)4;;;;/h1-6H2,(H,13,14)(H,15,16)(H,17,18)(H,19,20);6-8H,1-3,5H2;2-4H;;;;. The molecule has 20 heteroatoms. The van der Waals surface area contributed by atoms with E-state index in [1.54, 1.807) is 0 Å². The molecule has 0 aromatic rings. The monoisotopic (exact) mass is 523 g/mol. The number of nitrogens with zero attached hydrogens (tertiary/aromatic N) is 2. The predicted octanol–water partition coefficient (Wildman–Crippen LogP) is -7.76. The van der Waals surface area contributed by atoms with Crippen LogP contribution in [-0.4, -0.2) is 216 Å². The Morgan fingerprint density at radius 3 is 0.882 bits per heavy atom. The molecule has 34 heavy (non-hydrogen) atoms. The Hall–Kier alpha value is -0.415. The van der Waals surface area contributed by atoms with E-state index in [4.69, 9.17) is 56.6 Å². The van der Waals surface area contributed by atoms with Gasteiger partial charge in [-0.25, -0.2) is 0 Å². The molecular formula is C14H32BN3Na2O14. The molecule has 0 aromatic heterocycles. The van der Waals surface area contributed by atoms with Gasteiger partial charge in [0.05, 0.1) is 51.5 Å². The van der Waals surface area contributed by atoms with Crippen LogP contribution in [0.5, 0.6) is 0 Å². The molecule has 0 fully saturated rings. The van der Waals surface area contributed by atoms with Gasteiger partial charge >= 0.3 is 90.3 Å². The quantitative estimate of drug-likeness (QED) is 0.0942. The number of nitrogens with two attached hydrogens (primary N) is 1. The minimum absolute atomic E-state index is 0. The van der Waals surface area contributed by atoms with Gasteiger partial charge in [-0.3, -0.25) is 29.0 Å². The van der Waals surface area contributed by atoms with Gasteiger partial charge in [-0.15, -0.1) is 0 Å². The van der Waals surface area contributed by atoms with Crippen molar-refractivity contribution in [3.63, 3.8) is 0 Å². The summed E-state index contributed by atoms with van der Waals surface area (Å²) in [5.74, 6) is -4.91. The second-order valence-electron chi connectivity index (χ2n) is 6.18. The number of carbonyl (C=O) groups is 4. The van der Waals surface area contributed by atoms with Crippen molar-refractivity contribution in [1.82, 2.24) is 9.80 Å². The molecule has 0 aromatic carbocycles. The maximum atomic E-state index is 10.6. The molecule has 17 nitrogen and oxygen atoms in total. The average molecular weight is 523 g/mol. The molecule has 0 radical (unpaired) electrons. The topological polar surface area (TPSA) is 303 Å². The first-order valence-electron chi connectivity index (χ1n) is 8.60.